The van der Waals surface area contributed by atoms with E-state index in [0.717, 1.165) is 13.0 Å². The van der Waals surface area contributed by atoms with Gasteiger partial charge in [0.2, 0.25) is 5.91 Å². The van der Waals surface area contributed by atoms with Gasteiger partial charge in [-0.25, -0.2) is 0 Å². The molecule has 0 aromatic heterocycles. The van der Waals surface area contributed by atoms with E-state index in [1.807, 2.05) is 31.7 Å². The molecule has 0 bridgehead atoms. The van der Waals surface area contributed by atoms with Crippen LogP contribution in [0, 0.1) is 0 Å². The summed E-state index contributed by atoms with van der Waals surface area (Å²) >= 11 is 0. The first-order chi connectivity index (χ1) is 9.94. The van der Waals surface area contributed by atoms with Crippen molar-refractivity contribution in [1.82, 2.24) is 10.2 Å². The summed E-state index contributed by atoms with van der Waals surface area (Å²) in [4.78, 5) is 14.8. The zero-order valence-corrected chi connectivity index (χ0v) is 13.1. The molecule has 1 N–H and O–H groups in total. The molecule has 1 fully saturated rings. The lowest BCUT2D eigenvalue weighted by molar-refractivity contribution is -0.160. The molecule has 1 saturated heterocycles. The smallest absolute Gasteiger partial charge is 0.240 e. The van der Waals surface area contributed by atoms with E-state index in [1.54, 1.807) is 0 Å². The van der Waals surface area contributed by atoms with E-state index in [1.165, 1.54) is 11.1 Å². The van der Waals surface area contributed by atoms with Crippen molar-refractivity contribution in [1.29, 1.82) is 0 Å². The van der Waals surface area contributed by atoms with Crippen LogP contribution < -0.4 is 5.32 Å². The van der Waals surface area contributed by atoms with Crippen LogP contribution in [0.1, 0.15) is 31.9 Å². The number of benzene rings is 1. The molecule has 3 rings (SSSR count). The summed E-state index contributed by atoms with van der Waals surface area (Å²) in [6.45, 7) is 8.25. The van der Waals surface area contributed by atoms with Gasteiger partial charge in [-0.15, -0.1) is 0 Å². The summed E-state index contributed by atoms with van der Waals surface area (Å²) in [7, 11) is 0. The molecule has 2 aliphatic heterocycles. The number of nitrogens with zero attached hydrogens (tertiary/aromatic N) is 1. The second-order valence-electron chi connectivity index (χ2n) is 6.81. The summed E-state index contributed by atoms with van der Waals surface area (Å²) in [5.41, 5.74) is 2.33. The number of carbonyl (C=O) groups excluding carboxylic acids is 1. The van der Waals surface area contributed by atoms with Crippen molar-refractivity contribution in [3.63, 3.8) is 0 Å². The van der Waals surface area contributed by atoms with Crippen LogP contribution >= 0.6 is 0 Å². The summed E-state index contributed by atoms with van der Waals surface area (Å²) in [6.07, 6.45) is 0.870. The molecule has 1 amide bonds. The van der Waals surface area contributed by atoms with Crippen molar-refractivity contribution in [2.24, 2.45) is 0 Å². The molecule has 4 nitrogen and oxygen atoms in total. The lowest BCUT2D eigenvalue weighted by atomic mass is 9.94. The third kappa shape index (κ3) is 3.11. The van der Waals surface area contributed by atoms with Crippen molar-refractivity contribution in [3.8, 4) is 0 Å². The Morgan fingerprint density at radius 1 is 1.33 bits per heavy atom. The Morgan fingerprint density at radius 2 is 2.05 bits per heavy atom. The number of hydrogen-bond donors (Lipinski definition) is 1. The first kappa shape index (κ1) is 14.5. The minimum atomic E-state index is -0.264. The summed E-state index contributed by atoms with van der Waals surface area (Å²) in [5, 5.41) is 3.38. The molecule has 2 heterocycles. The van der Waals surface area contributed by atoms with Crippen LogP contribution in [0.25, 0.3) is 0 Å². The van der Waals surface area contributed by atoms with Crippen molar-refractivity contribution < 1.29 is 9.53 Å². The van der Waals surface area contributed by atoms with Crippen molar-refractivity contribution in [2.45, 2.75) is 51.5 Å². The van der Waals surface area contributed by atoms with E-state index in [0.29, 0.717) is 13.1 Å². The largest absolute Gasteiger partial charge is 0.369 e. The molecule has 0 saturated carbocycles. The first-order valence-corrected chi connectivity index (χ1v) is 7.71. The minimum Gasteiger partial charge on any atom is -0.369 e. The van der Waals surface area contributed by atoms with E-state index in [-0.39, 0.29) is 23.7 Å². The maximum absolute atomic E-state index is 12.8. The number of fused-ring (bicyclic) bond motifs is 1. The number of rotatable bonds is 1. The van der Waals surface area contributed by atoms with Gasteiger partial charge in [-0.2, -0.15) is 0 Å². The molecule has 2 aliphatic rings. The number of ether oxygens (including phenoxy) is 1. The number of nitrogens with one attached hydrogen (secondary N) is 1. The third-order valence-corrected chi connectivity index (χ3v) is 4.26. The van der Waals surface area contributed by atoms with Crippen LogP contribution in [0.5, 0.6) is 0 Å². The standard InChI is InChI=1S/C17H24N2O2/c1-12-10-19(11-17(2,3)21-12)16(20)15-8-13-6-4-5-7-14(13)9-18-15/h4-7,12,15,18H,8-11H2,1-3H3. The van der Waals surface area contributed by atoms with Crippen LogP contribution in [0.15, 0.2) is 24.3 Å². The van der Waals surface area contributed by atoms with E-state index in [2.05, 4.69) is 23.5 Å². The fraction of sp³-hybridized carbons (Fsp3) is 0.588. The van der Waals surface area contributed by atoms with Gasteiger partial charge >= 0.3 is 0 Å². The second kappa shape index (κ2) is 5.43. The highest BCUT2D eigenvalue weighted by Gasteiger charge is 2.36. The quantitative estimate of drug-likeness (QED) is 0.855. The Labute approximate surface area is 126 Å². The van der Waals surface area contributed by atoms with E-state index in [9.17, 15) is 4.79 Å². The summed E-state index contributed by atoms with van der Waals surface area (Å²) < 4.78 is 5.88. The minimum absolute atomic E-state index is 0.0913. The average molecular weight is 288 g/mol. The van der Waals surface area contributed by atoms with Gasteiger partial charge in [-0.3, -0.25) is 4.79 Å². The molecule has 4 heteroatoms. The van der Waals surface area contributed by atoms with Gasteiger partial charge in [0, 0.05) is 19.6 Å². The fourth-order valence-corrected chi connectivity index (χ4v) is 3.47. The molecule has 21 heavy (non-hydrogen) atoms. The van der Waals surface area contributed by atoms with Gasteiger partial charge in [0.15, 0.2) is 0 Å². The van der Waals surface area contributed by atoms with Gasteiger partial charge in [0.05, 0.1) is 17.7 Å². The van der Waals surface area contributed by atoms with Crippen LogP contribution in [-0.4, -0.2) is 41.6 Å². The lowest BCUT2D eigenvalue weighted by Gasteiger charge is -2.43. The predicted molar refractivity (Wildman–Crippen MR) is 82.0 cm³/mol. The number of hydrogen-bond acceptors (Lipinski definition) is 3. The molecular weight excluding hydrogens is 264 g/mol. The van der Waals surface area contributed by atoms with Gasteiger partial charge in [0.1, 0.15) is 0 Å². The highest BCUT2D eigenvalue weighted by Crippen LogP contribution is 2.23. The van der Waals surface area contributed by atoms with Gasteiger partial charge in [-0.05, 0) is 38.3 Å². The fourth-order valence-electron chi connectivity index (χ4n) is 3.47. The molecule has 0 spiro atoms. The van der Waals surface area contributed by atoms with Crippen LogP contribution in [0.3, 0.4) is 0 Å². The molecule has 1 aromatic rings. The Morgan fingerprint density at radius 3 is 2.76 bits per heavy atom. The van der Waals surface area contributed by atoms with Gasteiger partial charge in [-0.1, -0.05) is 24.3 Å². The SMILES string of the molecule is CC1CN(C(=O)C2Cc3ccccc3CN2)CC(C)(C)O1. The van der Waals surface area contributed by atoms with E-state index in [4.69, 9.17) is 4.74 Å². The zero-order chi connectivity index (χ0) is 15.0. The normalized spacial score (nSPS) is 28.0. The van der Waals surface area contributed by atoms with Crippen molar-refractivity contribution in [2.75, 3.05) is 13.1 Å². The molecule has 0 radical (unpaired) electrons. The summed E-state index contributed by atoms with van der Waals surface area (Å²) in [6, 6.07) is 8.24. The highest BCUT2D eigenvalue weighted by molar-refractivity contribution is 5.82. The van der Waals surface area contributed by atoms with Gasteiger partial charge in [0.25, 0.3) is 0 Å². The Balaban J connectivity index is 1.72. The molecular formula is C17H24N2O2. The maximum Gasteiger partial charge on any atom is 0.240 e. The highest BCUT2D eigenvalue weighted by atomic mass is 16.5. The third-order valence-electron chi connectivity index (χ3n) is 4.26. The molecule has 2 atom stereocenters. The Hall–Kier alpha value is -1.39. The zero-order valence-electron chi connectivity index (χ0n) is 13.1. The number of carbonyl (C=O) groups is 1. The maximum atomic E-state index is 12.8. The predicted octanol–water partition coefficient (Wildman–Crippen LogP) is 1.73. The average Bonchev–Trinajstić information content (AvgIpc) is 2.44. The Kier molecular flexibility index (Phi) is 3.76. The number of amides is 1. The second-order valence-corrected chi connectivity index (χ2v) is 6.81. The van der Waals surface area contributed by atoms with Crippen LogP contribution in [-0.2, 0) is 22.5 Å². The number of morpholine rings is 1. The molecule has 0 aliphatic carbocycles. The molecule has 1 aromatic carbocycles. The molecule has 114 valence electrons. The van der Waals surface area contributed by atoms with Gasteiger partial charge < -0.3 is 15.0 Å². The van der Waals surface area contributed by atoms with Crippen molar-refractivity contribution >= 4 is 5.91 Å². The first-order valence-electron chi connectivity index (χ1n) is 7.71. The summed E-state index contributed by atoms with van der Waals surface area (Å²) in [5.74, 6) is 0.202. The van der Waals surface area contributed by atoms with E-state index >= 15 is 0 Å². The Bertz CT molecular complexity index is 541. The topological polar surface area (TPSA) is 41.6 Å². The monoisotopic (exact) mass is 288 g/mol. The van der Waals surface area contributed by atoms with E-state index < -0.39 is 0 Å². The van der Waals surface area contributed by atoms with Crippen molar-refractivity contribution in [3.05, 3.63) is 35.4 Å². The molecule has 2 unspecified atom stereocenters. The lowest BCUT2D eigenvalue weighted by Crippen LogP contribution is -2.58. The van der Waals surface area contributed by atoms with Crippen LogP contribution in [0.2, 0.25) is 0 Å². The van der Waals surface area contributed by atoms with Crippen LogP contribution in [0.4, 0.5) is 0 Å².